The number of benzene rings is 3. The van der Waals surface area contributed by atoms with Gasteiger partial charge >= 0.3 is 5.97 Å². The predicted molar refractivity (Wildman–Crippen MR) is 149 cm³/mol. The molecule has 3 aromatic carbocycles. The van der Waals surface area contributed by atoms with Crippen molar-refractivity contribution in [3.05, 3.63) is 100 Å². The van der Waals surface area contributed by atoms with Crippen molar-refractivity contribution in [3.63, 3.8) is 0 Å². The molecule has 0 aromatic heterocycles. The quantitative estimate of drug-likeness (QED) is 0.395. The maximum atomic E-state index is 14.9. The fraction of sp³-hybridized carbons (Fsp3) is 0.333. The van der Waals surface area contributed by atoms with Gasteiger partial charge in [-0.05, 0) is 42.0 Å². The van der Waals surface area contributed by atoms with E-state index in [2.05, 4.69) is 5.32 Å². The van der Waals surface area contributed by atoms with E-state index in [-0.39, 0.29) is 30.0 Å². The van der Waals surface area contributed by atoms with Crippen molar-refractivity contribution in [1.29, 1.82) is 0 Å². The largest absolute Gasteiger partial charge is 0.496 e. The lowest BCUT2D eigenvalue weighted by Gasteiger charge is -2.37. The second kappa shape index (κ2) is 10.9. The zero-order valence-corrected chi connectivity index (χ0v) is 22.7. The molecule has 2 aliphatic heterocycles. The van der Waals surface area contributed by atoms with Crippen LogP contribution in [-0.2, 0) is 19.1 Å². The standard InChI is InChI=1S/C33H32FNO5/c1-19-30(33(37)40-21-13-15-39-16-14-21)31(25-11-12-26(34)24-9-4-3-8-23(24)25)32-27(35-19)17-20(18-28(32)36)22-7-5-6-10-29(22)38-2/h3-12,20-21,31,35H,13-18H2,1-2H3/t20-,31-/m1/s1. The minimum Gasteiger partial charge on any atom is -0.496 e. The summed E-state index contributed by atoms with van der Waals surface area (Å²) in [5.74, 6) is -0.868. The van der Waals surface area contributed by atoms with Crippen LogP contribution in [0.15, 0.2) is 83.2 Å². The van der Waals surface area contributed by atoms with Gasteiger partial charge in [-0.3, -0.25) is 4.79 Å². The Bertz CT molecular complexity index is 1550. The number of hydrogen-bond acceptors (Lipinski definition) is 6. The number of esters is 1. The number of fused-ring (bicyclic) bond motifs is 1. The number of Topliss-reactive ketones (excluding diaryl/α,β-unsaturated/α-hetero) is 1. The highest BCUT2D eigenvalue weighted by molar-refractivity contribution is 6.05. The number of ketones is 1. The number of halogens is 1. The monoisotopic (exact) mass is 541 g/mol. The smallest absolute Gasteiger partial charge is 0.337 e. The molecule has 2 heterocycles. The molecule has 40 heavy (non-hydrogen) atoms. The molecule has 1 N–H and O–H groups in total. The van der Waals surface area contributed by atoms with E-state index in [1.54, 1.807) is 25.3 Å². The van der Waals surface area contributed by atoms with Crippen molar-refractivity contribution in [1.82, 2.24) is 5.32 Å². The van der Waals surface area contributed by atoms with Crippen LogP contribution in [0, 0.1) is 5.82 Å². The Balaban J connectivity index is 1.47. The molecule has 1 saturated heterocycles. The van der Waals surface area contributed by atoms with Gasteiger partial charge in [0.05, 0.1) is 25.9 Å². The van der Waals surface area contributed by atoms with Gasteiger partial charge in [0.2, 0.25) is 0 Å². The maximum Gasteiger partial charge on any atom is 0.337 e. The molecule has 0 unspecified atom stereocenters. The third-order valence-electron chi connectivity index (χ3n) is 8.28. The lowest BCUT2D eigenvalue weighted by molar-refractivity contribution is -0.148. The van der Waals surface area contributed by atoms with E-state index < -0.39 is 11.9 Å². The number of carbonyl (C=O) groups is 2. The van der Waals surface area contributed by atoms with E-state index in [0.717, 1.165) is 17.0 Å². The minimum absolute atomic E-state index is 0.0491. The molecule has 0 radical (unpaired) electrons. The average molecular weight is 542 g/mol. The lowest BCUT2D eigenvalue weighted by Crippen LogP contribution is -2.37. The summed E-state index contributed by atoms with van der Waals surface area (Å²) in [6, 6.07) is 18.1. The van der Waals surface area contributed by atoms with Crippen LogP contribution in [0.2, 0.25) is 0 Å². The number of methoxy groups -OCH3 is 1. The van der Waals surface area contributed by atoms with Crippen LogP contribution in [0.4, 0.5) is 4.39 Å². The summed E-state index contributed by atoms with van der Waals surface area (Å²) >= 11 is 0. The number of para-hydroxylation sites is 1. The summed E-state index contributed by atoms with van der Waals surface area (Å²) in [7, 11) is 1.63. The molecule has 6 nitrogen and oxygen atoms in total. The van der Waals surface area contributed by atoms with E-state index in [1.165, 1.54) is 6.07 Å². The fourth-order valence-corrected chi connectivity index (χ4v) is 6.39. The summed E-state index contributed by atoms with van der Waals surface area (Å²) in [5, 5.41) is 4.53. The van der Waals surface area contributed by atoms with Crippen molar-refractivity contribution in [3.8, 4) is 5.75 Å². The first-order chi connectivity index (χ1) is 19.5. The van der Waals surface area contributed by atoms with Crippen LogP contribution in [0.3, 0.4) is 0 Å². The molecule has 206 valence electrons. The van der Waals surface area contributed by atoms with E-state index in [4.69, 9.17) is 14.2 Å². The van der Waals surface area contributed by atoms with Crippen molar-refractivity contribution in [2.75, 3.05) is 20.3 Å². The van der Waals surface area contributed by atoms with Gasteiger partial charge in [0.25, 0.3) is 0 Å². The number of carbonyl (C=O) groups excluding carboxylic acids is 2. The third-order valence-corrected chi connectivity index (χ3v) is 8.28. The first kappa shape index (κ1) is 26.3. The van der Waals surface area contributed by atoms with Crippen LogP contribution in [0.5, 0.6) is 5.75 Å². The lowest BCUT2D eigenvalue weighted by atomic mass is 9.71. The van der Waals surface area contributed by atoms with Gasteiger partial charge in [-0.2, -0.15) is 0 Å². The number of dihydropyridines is 1. The highest BCUT2D eigenvalue weighted by atomic mass is 19.1. The van der Waals surface area contributed by atoms with Crippen LogP contribution < -0.4 is 10.1 Å². The summed E-state index contributed by atoms with van der Waals surface area (Å²) in [4.78, 5) is 27.9. The molecule has 1 aliphatic carbocycles. The van der Waals surface area contributed by atoms with Gasteiger partial charge in [-0.25, -0.2) is 9.18 Å². The Morgan fingerprint density at radius 3 is 2.45 bits per heavy atom. The average Bonchev–Trinajstić information content (AvgIpc) is 2.97. The summed E-state index contributed by atoms with van der Waals surface area (Å²) in [6.45, 7) is 2.93. The van der Waals surface area contributed by atoms with Crippen LogP contribution in [-0.4, -0.2) is 38.2 Å². The number of rotatable bonds is 5. The Kier molecular flexibility index (Phi) is 7.15. The highest BCUT2D eigenvalue weighted by Gasteiger charge is 2.43. The molecule has 3 aliphatic rings. The van der Waals surface area contributed by atoms with E-state index in [9.17, 15) is 14.0 Å². The molecule has 2 atom stereocenters. The van der Waals surface area contributed by atoms with Gasteiger partial charge < -0.3 is 19.5 Å². The Labute approximate surface area is 232 Å². The normalized spacial score (nSPS) is 21.7. The highest BCUT2D eigenvalue weighted by Crippen LogP contribution is 2.48. The molecule has 0 amide bonds. The van der Waals surface area contributed by atoms with E-state index >= 15 is 0 Å². The predicted octanol–water partition coefficient (Wildman–Crippen LogP) is 6.07. The molecule has 0 saturated carbocycles. The molecule has 0 spiro atoms. The van der Waals surface area contributed by atoms with Gasteiger partial charge in [-0.1, -0.05) is 48.5 Å². The molecule has 3 aromatic rings. The number of allylic oxidation sites excluding steroid dienone is 3. The Hall–Kier alpha value is -3.97. The Morgan fingerprint density at radius 1 is 0.950 bits per heavy atom. The summed E-state index contributed by atoms with van der Waals surface area (Å²) in [5.41, 5.74) is 4.06. The molecular weight excluding hydrogens is 509 g/mol. The van der Waals surface area contributed by atoms with Crippen molar-refractivity contribution < 1.29 is 28.2 Å². The molecule has 7 heteroatoms. The zero-order chi connectivity index (χ0) is 27.8. The zero-order valence-electron chi connectivity index (χ0n) is 22.7. The van der Waals surface area contributed by atoms with Gasteiger partial charge in [0, 0.05) is 53.5 Å². The second-order valence-electron chi connectivity index (χ2n) is 10.7. The molecule has 6 rings (SSSR count). The van der Waals surface area contributed by atoms with E-state index in [0.29, 0.717) is 65.7 Å². The topological polar surface area (TPSA) is 73.9 Å². The van der Waals surface area contributed by atoms with Crippen molar-refractivity contribution in [2.24, 2.45) is 0 Å². The Morgan fingerprint density at radius 2 is 1.68 bits per heavy atom. The number of hydrogen-bond donors (Lipinski definition) is 1. The van der Waals surface area contributed by atoms with Gasteiger partial charge in [-0.15, -0.1) is 0 Å². The van der Waals surface area contributed by atoms with Crippen LogP contribution >= 0.6 is 0 Å². The minimum atomic E-state index is -0.680. The second-order valence-corrected chi connectivity index (χ2v) is 10.7. The van der Waals surface area contributed by atoms with E-state index in [1.807, 2.05) is 43.3 Å². The SMILES string of the molecule is COc1ccccc1[C@H]1CC(=O)C2=C(C1)NC(C)=C(C(=O)OC1CCOCC1)[C@H]2c1ccc(F)c2ccccc12. The molecule has 1 fully saturated rings. The number of ether oxygens (including phenoxy) is 3. The fourth-order valence-electron chi connectivity index (χ4n) is 6.39. The van der Waals surface area contributed by atoms with Crippen LogP contribution in [0.25, 0.3) is 10.8 Å². The summed E-state index contributed by atoms with van der Waals surface area (Å²) < 4.78 is 31.9. The number of nitrogens with one attached hydrogen (secondary N) is 1. The van der Waals surface area contributed by atoms with Crippen molar-refractivity contribution in [2.45, 2.75) is 50.5 Å². The van der Waals surface area contributed by atoms with Gasteiger partial charge in [0.15, 0.2) is 5.78 Å². The maximum absolute atomic E-state index is 14.9. The van der Waals surface area contributed by atoms with Crippen molar-refractivity contribution >= 4 is 22.5 Å². The van der Waals surface area contributed by atoms with Crippen LogP contribution in [0.1, 0.15) is 55.6 Å². The molecule has 0 bridgehead atoms. The summed E-state index contributed by atoms with van der Waals surface area (Å²) in [6.07, 6.45) is 1.86. The van der Waals surface area contributed by atoms with Gasteiger partial charge in [0.1, 0.15) is 17.7 Å². The molecular formula is C33H32FNO5. The third kappa shape index (κ3) is 4.68. The first-order valence-corrected chi connectivity index (χ1v) is 13.8. The first-order valence-electron chi connectivity index (χ1n) is 13.8.